The molecule has 1 aliphatic rings. The number of carbonyl (C=O) groups is 1. The Kier molecular flexibility index (Phi) is 6.94. The molecular weight excluding hydrogens is 376 g/mol. The summed E-state index contributed by atoms with van der Waals surface area (Å²) >= 11 is 0. The molecule has 1 heterocycles. The summed E-state index contributed by atoms with van der Waals surface area (Å²) in [5.74, 6) is 1.94. The van der Waals surface area contributed by atoms with E-state index >= 15 is 0 Å². The fourth-order valence-electron chi connectivity index (χ4n) is 3.28. The van der Waals surface area contributed by atoms with Gasteiger partial charge < -0.3 is 29.6 Å². The number of aromatic nitrogens is 2. The molecule has 0 spiro atoms. The fraction of sp³-hybridized carbons (Fsp3) is 0.450. The van der Waals surface area contributed by atoms with Crippen molar-refractivity contribution in [2.24, 2.45) is 0 Å². The van der Waals surface area contributed by atoms with Crippen LogP contribution in [0.1, 0.15) is 25.7 Å². The Bertz CT molecular complexity index is 824. The summed E-state index contributed by atoms with van der Waals surface area (Å²) in [6.45, 7) is 0. The highest BCUT2D eigenvalue weighted by Gasteiger charge is 2.25. The van der Waals surface area contributed by atoms with E-state index in [1.54, 1.807) is 44.8 Å². The van der Waals surface area contributed by atoms with Crippen molar-refractivity contribution in [1.29, 1.82) is 0 Å². The van der Waals surface area contributed by atoms with Gasteiger partial charge >= 0.3 is 6.03 Å². The third-order valence-corrected chi connectivity index (χ3v) is 4.76. The minimum absolute atomic E-state index is 0.0209. The molecule has 0 atom stereocenters. The van der Waals surface area contributed by atoms with Crippen LogP contribution in [0.3, 0.4) is 0 Å². The molecule has 2 N–H and O–H groups in total. The minimum Gasteiger partial charge on any atom is -0.493 e. The second-order valence-electron chi connectivity index (χ2n) is 6.63. The Balaban J connectivity index is 1.47. The van der Waals surface area contributed by atoms with E-state index in [-0.39, 0.29) is 18.2 Å². The van der Waals surface area contributed by atoms with Crippen LogP contribution in [0.2, 0.25) is 0 Å². The molecule has 9 nitrogen and oxygen atoms in total. The van der Waals surface area contributed by atoms with Crippen LogP contribution in [0.15, 0.2) is 30.6 Å². The lowest BCUT2D eigenvalue weighted by Gasteiger charge is -2.29. The van der Waals surface area contributed by atoms with E-state index in [4.69, 9.17) is 18.9 Å². The molecule has 1 aromatic carbocycles. The Morgan fingerprint density at radius 1 is 0.931 bits per heavy atom. The van der Waals surface area contributed by atoms with Crippen LogP contribution >= 0.6 is 0 Å². The van der Waals surface area contributed by atoms with Crippen molar-refractivity contribution in [2.75, 3.05) is 26.6 Å². The summed E-state index contributed by atoms with van der Waals surface area (Å²) in [6, 6.07) is 5.06. The average Bonchev–Trinajstić information content (AvgIpc) is 2.75. The molecule has 1 aliphatic carbocycles. The summed E-state index contributed by atoms with van der Waals surface area (Å²) in [5, 5.41) is 5.84. The molecular formula is C20H26N4O5. The largest absolute Gasteiger partial charge is 0.493 e. The number of carbonyl (C=O) groups excluding carboxylic acids is 1. The number of amides is 2. The number of ether oxygens (including phenoxy) is 4. The van der Waals surface area contributed by atoms with Gasteiger partial charge in [0.1, 0.15) is 6.10 Å². The zero-order valence-electron chi connectivity index (χ0n) is 16.8. The second-order valence-corrected chi connectivity index (χ2v) is 6.63. The van der Waals surface area contributed by atoms with Gasteiger partial charge in [-0.3, -0.25) is 0 Å². The molecule has 0 aliphatic heterocycles. The van der Waals surface area contributed by atoms with E-state index in [1.165, 1.54) is 7.11 Å². The van der Waals surface area contributed by atoms with E-state index in [9.17, 15) is 4.79 Å². The van der Waals surface area contributed by atoms with Crippen molar-refractivity contribution < 1.29 is 23.7 Å². The molecule has 9 heteroatoms. The quantitative estimate of drug-likeness (QED) is 0.734. The highest BCUT2D eigenvalue weighted by atomic mass is 16.5. The van der Waals surface area contributed by atoms with Crippen molar-refractivity contribution in [3.8, 4) is 23.3 Å². The van der Waals surface area contributed by atoms with Gasteiger partial charge in [0.05, 0.1) is 21.3 Å². The first kappa shape index (κ1) is 20.5. The maximum atomic E-state index is 12.3. The van der Waals surface area contributed by atoms with Crippen LogP contribution in [0.5, 0.6) is 23.3 Å². The Morgan fingerprint density at radius 2 is 1.62 bits per heavy atom. The van der Waals surface area contributed by atoms with Crippen molar-refractivity contribution in [3.63, 3.8) is 0 Å². The Labute approximate surface area is 169 Å². The van der Waals surface area contributed by atoms with Crippen LogP contribution in [0, 0.1) is 0 Å². The number of methoxy groups -OCH3 is 3. The highest BCUT2D eigenvalue weighted by molar-refractivity contribution is 5.89. The van der Waals surface area contributed by atoms with Crippen molar-refractivity contribution in [1.82, 2.24) is 15.3 Å². The van der Waals surface area contributed by atoms with Gasteiger partial charge in [0.25, 0.3) is 11.8 Å². The van der Waals surface area contributed by atoms with E-state index in [0.29, 0.717) is 28.9 Å². The van der Waals surface area contributed by atoms with E-state index in [0.717, 1.165) is 25.7 Å². The Morgan fingerprint density at radius 3 is 2.28 bits per heavy atom. The molecule has 2 amide bonds. The lowest BCUT2D eigenvalue weighted by Crippen LogP contribution is -2.41. The summed E-state index contributed by atoms with van der Waals surface area (Å²) in [7, 11) is 4.66. The van der Waals surface area contributed by atoms with Gasteiger partial charge in [0.15, 0.2) is 11.5 Å². The average molecular weight is 402 g/mol. The minimum atomic E-state index is -0.253. The number of nitrogens with zero attached hydrogens (tertiary/aromatic N) is 2. The van der Waals surface area contributed by atoms with Crippen LogP contribution in [0.4, 0.5) is 10.5 Å². The topological polar surface area (TPSA) is 104 Å². The molecule has 2 aromatic rings. The third kappa shape index (κ3) is 5.40. The third-order valence-electron chi connectivity index (χ3n) is 4.76. The van der Waals surface area contributed by atoms with E-state index in [2.05, 4.69) is 20.6 Å². The number of rotatable bonds is 7. The fourth-order valence-corrected chi connectivity index (χ4v) is 3.28. The van der Waals surface area contributed by atoms with E-state index in [1.807, 2.05) is 0 Å². The van der Waals surface area contributed by atoms with Crippen molar-refractivity contribution >= 4 is 11.7 Å². The zero-order valence-corrected chi connectivity index (χ0v) is 16.8. The maximum absolute atomic E-state index is 12.3. The predicted octanol–water partition coefficient (Wildman–Crippen LogP) is 3.01. The van der Waals surface area contributed by atoms with Crippen molar-refractivity contribution in [3.05, 3.63) is 30.6 Å². The van der Waals surface area contributed by atoms with Crippen LogP contribution in [-0.2, 0) is 0 Å². The first-order chi connectivity index (χ1) is 14.1. The summed E-state index contributed by atoms with van der Waals surface area (Å²) in [5.41, 5.74) is 0.631. The molecule has 1 aromatic heterocycles. The highest BCUT2D eigenvalue weighted by Crippen LogP contribution is 2.30. The van der Waals surface area contributed by atoms with Gasteiger partial charge in [0, 0.05) is 30.2 Å². The number of hydrogen-bond acceptors (Lipinski definition) is 7. The number of urea groups is 1. The SMILES string of the molecule is COc1ccc(NC(=O)NC2CCC(Oc3nccnc3OC)CC2)cc1OC. The summed E-state index contributed by atoms with van der Waals surface area (Å²) in [6.07, 6.45) is 6.39. The number of anilines is 1. The molecule has 1 fully saturated rings. The van der Waals surface area contributed by atoms with Gasteiger partial charge in [-0.2, -0.15) is 0 Å². The lowest BCUT2D eigenvalue weighted by atomic mass is 9.93. The second kappa shape index (κ2) is 9.81. The molecule has 0 unspecified atom stereocenters. The molecule has 29 heavy (non-hydrogen) atoms. The first-order valence-electron chi connectivity index (χ1n) is 9.44. The summed E-state index contributed by atoms with van der Waals surface area (Å²) < 4.78 is 21.5. The van der Waals surface area contributed by atoms with Crippen LogP contribution in [-0.4, -0.2) is 49.5 Å². The van der Waals surface area contributed by atoms with Gasteiger partial charge in [-0.15, -0.1) is 0 Å². The molecule has 1 saturated carbocycles. The smallest absolute Gasteiger partial charge is 0.319 e. The molecule has 0 saturated heterocycles. The lowest BCUT2D eigenvalue weighted by molar-refractivity contribution is 0.129. The maximum Gasteiger partial charge on any atom is 0.319 e. The van der Waals surface area contributed by atoms with Gasteiger partial charge in [-0.25, -0.2) is 14.8 Å². The molecule has 0 radical (unpaired) electrons. The summed E-state index contributed by atoms with van der Waals surface area (Å²) in [4.78, 5) is 20.6. The van der Waals surface area contributed by atoms with Crippen LogP contribution < -0.4 is 29.6 Å². The van der Waals surface area contributed by atoms with Gasteiger partial charge in [0.2, 0.25) is 0 Å². The normalized spacial score (nSPS) is 18.4. The molecule has 156 valence electrons. The Hall–Kier alpha value is -3.23. The predicted molar refractivity (Wildman–Crippen MR) is 107 cm³/mol. The number of hydrogen-bond donors (Lipinski definition) is 2. The number of nitrogens with one attached hydrogen (secondary N) is 2. The molecule has 3 rings (SSSR count). The monoisotopic (exact) mass is 402 g/mol. The number of benzene rings is 1. The van der Waals surface area contributed by atoms with E-state index < -0.39 is 0 Å². The zero-order chi connectivity index (χ0) is 20.6. The first-order valence-corrected chi connectivity index (χ1v) is 9.44. The van der Waals surface area contributed by atoms with Crippen molar-refractivity contribution in [2.45, 2.75) is 37.8 Å². The van der Waals surface area contributed by atoms with Gasteiger partial charge in [-0.05, 0) is 37.8 Å². The standard InChI is InChI=1S/C20H26N4O5/c1-26-16-9-6-14(12-17(16)27-2)24-20(25)23-13-4-7-15(8-5-13)29-19-18(28-3)21-10-11-22-19/h6,9-13,15H,4-5,7-8H2,1-3H3,(H2,23,24,25). The molecule has 0 bridgehead atoms. The van der Waals surface area contributed by atoms with Crippen LogP contribution in [0.25, 0.3) is 0 Å². The van der Waals surface area contributed by atoms with Gasteiger partial charge in [-0.1, -0.05) is 0 Å².